The Balaban J connectivity index is 1.47. The van der Waals surface area contributed by atoms with Crippen LogP contribution in [0.15, 0.2) is 12.7 Å². The van der Waals surface area contributed by atoms with Gasteiger partial charge in [0.1, 0.15) is 18.5 Å². The van der Waals surface area contributed by atoms with Gasteiger partial charge in [0.05, 0.1) is 12.4 Å². The Labute approximate surface area is 163 Å². The number of anilines is 1. The van der Waals surface area contributed by atoms with Gasteiger partial charge in [0.25, 0.3) is 0 Å². The van der Waals surface area contributed by atoms with E-state index in [-0.39, 0.29) is 24.9 Å². The third kappa shape index (κ3) is 3.06. The zero-order valence-electron chi connectivity index (χ0n) is 16.2. The Hall–Kier alpha value is -1.81. The van der Waals surface area contributed by atoms with Gasteiger partial charge in [-0.2, -0.15) is 0 Å². The van der Waals surface area contributed by atoms with Crippen LogP contribution < -0.4 is 5.32 Å². The van der Waals surface area contributed by atoms with Gasteiger partial charge in [-0.15, -0.1) is 0 Å². The molecule has 0 spiro atoms. The second-order valence-corrected chi connectivity index (χ2v) is 8.31. The maximum Gasteiger partial charge on any atom is 0.167 e. The average Bonchev–Trinajstić information content (AvgIpc) is 3.41. The van der Waals surface area contributed by atoms with Crippen molar-refractivity contribution in [3.63, 3.8) is 0 Å². The number of imidazole rings is 1. The van der Waals surface area contributed by atoms with Crippen molar-refractivity contribution >= 4 is 17.0 Å². The summed E-state index contributed by atoms with van der Waals surface area (Å²) in [5.74, 6) is 0.0760. The molecule has 0 bridgehead atoms. The van der Waals surface area contributed by atoms with Gasteiger partial charge in [0.2, 0.25) is 0 Å². The van der Waals surface area contributed by atoms with E-state index in [1.807, 2.05) is 18.4 Å². The molecule has 0 amide bonds. The van der Waals surface area contributed by atoms with Crippen molar-refractivity contribution < 1.29 is 19.3 Å². The maximum atomic E-state index is 9.41. The Morgan fingerprint density at radius 3 is 2.75 bits per heavy atom. The molecule has 2 N–H and O–H groups in total. The Morgan fingerprint density at radius 2 is 1.96 bits per heavy atom. The summed E-state index contributed by atoms with van der Waals surface area (Å²) in [5, 5.41) is 12.9. The number of nitrogens with one attached hydrogen (secondary N) is 1. The van der Waals surface area contributed by atoms with Gasteiger partial charge in [-0.1, -0.05) is 12.8 Å². The lowest BCUT2D eigenvalue weighted by Gasteiger charge is -2.24. The molecule has 2 saturated heterocycles. The molecule has 0 radical (unpaired) electrons. The topological polar surface area (TPSA) is 104 Å². The molecule has 1 saturated carbocycles. The van der Waals surface area contributed by atoms with Crippen LogP contribution >= 0.6 is 0 Å². The first-order chi connectivity index (χ1) is 13.6. The highest BCUT2D eigenvalue weighted by atomic mass is 16.8. The van der Waals surface area contributed by atoms with Crippen molar-refractivity contribution in [1.29, 1.82) is 0 Å². The molecule has 4 heterocycles. The molecule has 1 aliphatic carbocycles. The first-order valence-electron chi connectivity index (χ1n) is 10.1. The van der Waals surface area contributed by atoms with E-state index in [9.17, 15) is 5.11 Å². The van der Waals surface area contributed by atoms with Gasteiger partial charge >= 0.3 is 0 Å². The number of hydrogen-bond acceptors (Lipinski definition) is 8. The lowest BCUT2D eigenvalue weighted by Crippen LogP contribution is -2.30. The van der Waals surface area contributed by atoms with Crippen molar-refractivity contribution in [3.05, 3.63) is 12.7 Å². The Kier molecular flexibility index (Phi) is 4.50. The van der Waals surface area contributed by atoms with Crippen molar-refractivity contribution in [1.82, 2.24) is 19.5 Å². The van der Waals surface area contributed by atoms with Crippen LogP contribution in [0.1, 0.15) is 52.2 Å². The van der Waals surface area contributed by atoms with Crippen LogP contribution in [0.3, 0.4) is 0 Å². The highest BCUT2D eigenvalue weighted by Crippen LogP contribution is 2.44. The van der Waals surface area contributed by atoms with E-state index in [0.717, 1.165) is 24.2 Å². The zero-order valence-corrected chi connectivity index (χ0v) is 16.2. The quantitative estimate of drug-likeness (QED) is 0.800. The van der Waals surface area contributed by atoms with Crippen molar-refractivity contribution in [2.45, 2.75) is 82.3 Å². The van der Waals surface area contributed by atoms with E-state index in [2.05, 4.69) is 20.3 Å². The summed E-state index contributed by atoms with van der Waals surface area (Å²) in [5.41, 5.74) is 1.44. The Morgan fingerprint density at radius 1 is 1.18 bits per heavy atom. The third-order valence-corrected chi connectivity index (χ3v) is 5.87. The molecule has 2 aromatic rings. The number of aromatic nitrogens is 4. The van der Waals surface area contributed by atoms with E-state index >= 15 is 0 Å². The fourth-order valence-corrected chi connectivity index (χ4v) is 4.65. The van der Waals surface area contributed by atoms with E-state index in [1.54, 1.807) is 12.7 Å². The SMILES string of the molecule is CC1(C)OC2[C@@H](O1)[C@@H](CCO)O[C@H]2n1cnc2c(NC3CCCC3)ncnc21. The normalized spacial score (nSPS) is 32.2. The highest BCUT2D eigenvalue weighted by Gasteiger charge is 2.55. The molecule has 4 atom stereocenters. The minimum absolute atomic E-state index is 0.0344. The maximum absolute atomic E-state index is 9.41. The summed E-state index contributed by atoms with van der Waals surface area (Å²) in [6.07, 6.45) is 7.43. The van der Waals surface area contributed by atoms with Crippen molar-refractivity contribution in [2.24, 2.45) is 0 Å². The molecule has 0 aromatic carbocycles. The van der Waals surface area contributed by atoms with E-state index < -0.39 is 12.0 Å². The van der Waals surface area contributed by atoms with Crippen LogP contribution in [0.2, 0.25) is 0 Å². The van der Waals surface area contributed by atoms with Crippen LogP contribution in [0.25, 0.3) is 11.2 Å². The molecule has 5 rings (SSSR count). The van der Waals surface area contributed by atoms with Crippen LogP contribution in [0.5, 0.6) is 0 Å². The summed E-state index contributed by atoms with van der Waals surface area (Å²) >= 11 is 0. The van der Waals surface area contributed by atoms with Gasteiger partial charge in [-0.05, 0) is 33.1 Å². The minimum atomic E-state index is -0.689. The van der Waals surface area contributed by atoms with Crippen LogP contribution in [-0.2, 0) is 14.2 Å². The molecule has 9 heteroatoms. The van der Waals surface area contributed by atoms with E-state index in [1.165, 1.54) is 12.8 Å². The molecule has 2 aliphatic heterocycles. The molecular weight excluding hydrogens is 362 g/mol. The van der Waals surface area contributed by atoms with Gasteiger partial charge < -0.3 is 24.6 Å². The molecule has 9 nitrogen and oxygen atoms in total. The van der Waals surface area contributed by atoms with E-state index in [0.29, 0.717) is 18.1 Å². The fraction of sp³-hybridized carbons (Fsp3) is 0.737. The van der Waals surface area contributed by atoms with Crippen LogP contribution in [0.4, 0.5) is 5.82 Å². The number of nitrogens with zero attached hydrogens (tertiary/aromatic N) is 4. The summed E-state index contributed by atoms with van der Waals surface area (Å²) in [7, 11) is 0. The largest absolute Gasteiger partial charge is 0.396 e. The summed E-state index contributed by atoms with van der Waals surface area (Å²) < 4.78 is 20.3. The van der Waals surface area contributed by atoms with Crippen LogP contribution in [-0.4, -0.2) is 61.4 Å². The van der Waals surface area contributed by atoms with Crippen LogP contribution in [0, 0.1) is 0 Å². The summed E-state index contributed by atoms with van der Waals surface area (Å²) in [4.78, 5) is 13.5. The average molecular weight is 389 g/mol. The van der Waals surface area contributed by atoms with Crippen molar-refractivity contribution in [3.8, 4) is 0 Å². The first kappa shape index (κ1) is 18.2. The summed E-state index contributed by atoms with van der Waals surface area (Å²) in [6, 6.07) is 0.441. The molecule has 3 fully saturated rings. The molecule has 28 heavy (non-hydrogen) atoms. The monoisotopic (exact) mass is 389 g/mol. The standard InChI is InChI=1S/C19H27N5O4/c1-19(2)27-14-12(7-8-25)26-18(15(14)28-19)24-10-22-13-16(20-9-21-17(13)24)23-11-5-3-4-6-11/h9-12,14-15,18,25H,3-8H2,1-2H3,(H,20,21,23)/t12-,14+,15?,18-/m1/s1. The predicted molar refractivity (Wildman–Crippen MR) is 101 cm³/mol. The lowest BCUT2D eigenvalue weighted by molar-refractivity contribution is -0.197. The van der Waals surface area contributed by atoms with Gasteiger partial charge in [-0.3, -0.25) is 4.57 Å². The number of aliphatic hydroxyl groups excluding tert-OH is 1. The predicted octanol–water partition coefficient (Wildman–Crippen LogP) is 1.98. The minimum Gasteiger partial charge on any atom is -0.396 e. The lowest BCUT2D eigenvalue weighted by atomic mass is 10.1. The molecule has 2 aromatic heterocycles. The fourth-order valence-electron chi connectivity index (χ4n) is 4.65. The third-order valence-electron chi connectivity index (χ3n) is 5.87. The summed E-state index contributed by atoms with van der Waals surface area (Å²) in [6.45, 7) is 3.83. The molecule has 152 valence electrons. The molecule has 3 aliphatic rings. The second kappa shape index (κ2) is 6.91. The smallest absolute Gasteiger partial charge is 0.167 e. The van der Waals surface area contributed by atoms with Crippen molar-refractivity contribution in [2.75, 3.05) is 11.9 Å². The number of fused-ring (bicyclic) bond motifs is 2. The van der Waals surface area contributed by atoms with Gasteiger partial charge in [0, 0.05) is 12.6 Å². The molecule has 1 unspecified atom stereocenters. The number of aliphatic hydroxyl groups is 1. The van der Waals surface area contributed by atoms with Gasteiger partial charge in [0.15, 0.2) is 29.0 Å². The number of rotatable bonds is 5. The van der Waals surface area contributed by atoms with E-state index in [4.69, 9.17) is 14.2 Å². The highest BCUT2D eigenvalue weighted by molar-refractivity contribution is 5.82. The zero-order chi connectivity index (χ0) is 19.3. The number of ether oxygens (including phenoxy) is 3. The number of hydrogen-bond donors (Lipinski definition) is 2. The Bertz CT molecular complexity index is 850. The first-order valence-corrected chi connectivity index (χ1v) is 10.1. The van der Waals surface area contributed by atoms with Gasteiger partial charge in [-0.25, -0.2) is 15.0 Å². The second-order valence-electron chi connectivity index (χ2n) is 8.31. The molecular formula is C19H27N5O4.